The van der Waals surface area contributed by atoms with E-state index in [1.807, 2.05) is 43.0 Å². The Morgan fingerprint density at radius 3 is 2.68 bits per heavy atom. The van der Waals surface area contributed by atoms with Gasteiger partial charge in [-0.25, -0.2) is 0 Å². The topological polar surface area (TPSA) is 58.4 Å². The van der Waals surface area contributed by atoms with E-state index in [4.69, 9.17) is 4.52 Å². The molecule has 2 atom stereocenters. The summed E-state index contributed by atoms with van der Waals surface area (Å²) in [5.74, 6) is 3.02. The smallest absolute Gasteiger partial charge is 0.255 e. The third-order valence-corrected chi connectivity index (χ3v) is 6.45. The highest BCUT2D eigenvalue weighted by molar-refractivity contribution is 7.98. The molecule has 1 aromatic heterocycles. The van der Waals surface area contributed by atoms with E-state index >= 15 is 0 Å². The molecule has 132 valence electrons. The first-order chi connectivity index (χ1) is 12.1. The zero-order valence-electron chi connectivity index (χ0n) is 14.6. The van der Waals surface area contributed by atoms with Crippen LogP contribution in [0.1, 0.15) is 27.4 Å². The van der Waals surface area contributed by atoms with Crippen LogP contribution in [0.25, 0.3) is 0 Å². The van der Waals surface area contributed by atoms with Gasteiger partial charge < -0.3 is 14.7 Å². The summed E-state index contributed by atoms with van der Waals surface area (Å²) >= 11 is 1.68. The molecule has 2 fully saturated rings. The number of amides is 1. The number of carbonyl (C=O) groups is 1. The second-order valence-electron chi connectivity index (χ2n) is 6.98. The Labute approximate surface area is 152 Å². The van der Waals surface area contributed by atoms with Crippen LogP contribution in [-0.4, -0.2) is 42.1 Å². The van der Waals surface area contributed by atoms with Crippen molar-refractivity contribution in [3.05, 3.63) is 46.8 Å². The van der Waals surface area contributed by atoms with Gasteiger partial charge in [-0.2, -0.15) is 0 Å². The molecule has 5 nitrogen and oxygen atoms in total. The highest BCUT2D eigenvalue weighted by Gasteiger charge is 2.38. The molecule has 2 aromatic rings. The summed E-state index contributed by atoms with van der Waals surface area (Å²) in [4.78, 5) is 16.1. The number of benzene rings is 1. The summed E-state index contributed by atoms with van der Waals surface area (Å²) in [6, 6.07) is 7.93. The van der Waals surface area contributed by atoms with Crippen LogP contribution < -0.4 is 5.32 Å². The minimum absolute atomic E-state index is 0.163. The van der Waals surface area contributed by atoms with E-state index in [0.29, 0.717) is 11.8 Å². The Morgan fingerprint density at radius 2 is 2.00 bits per heavy atom. The second-order valence-corrected chi connectivity index (χ2v) is 7.99. The number of carbonyl (C=O) groups excluding carboxylic acids is 1. The second kappa shape index (κ2) is 6.84. The maximum absolute atomic E-state index is 13.1. The molecule has 0 spiro atoms. The van der Waals surface area contributed by atoms with Crippen LogP contribution in [0.15, 0.2) is 33.7 Å². The molecule has 25 heavy (non-hydrogen) atoms. The Balaban J connectivity index is 1.50. The van der Waals surface area contributed by atoms with Gasteiger partial charge in [-0.1, -0.05) is 17.3 Å². The number of thioether (sulfide) groups is 1. The quantitative estimate of drug-likeness (QED) is 0.853. The predicted molar refractivity (Wildman–Crippen MR) is 97.7 cm³/mol. The van der Waals surface area contributed by atoms with Crippen LogP contribution >= 0.6 is 11.8 Å². The molecule has 2 aliphatic rings. The molecule has 0 bridgehead atoms. The lowest BCUT2D eigenvalue weighted by Crippen LogP contribution is -2.32. The van der Waals surface area contributed by atoms with Gasteiger partial charge in [0.15, 0.2) is 0 Å². The Bertz CT molecular complexity index is 757. The average Bonchev–Trinajstić information content (AvgIpc) is 3.29. The van der Waals surface area contributed by atoms with Crippen LogP contribution in [0.5, 0.6) is 0 Å². The lowest BCUT2D eigenvalue weighted by atomic mass is 10.0. The number of nitrogens with one attached hydrogen (secondary N) is 1. The van der Waals surface area contributed by atoms with Crippen LogP contribution in [0.2, 0.25) is 0 Å². The Morgan fingerprint density at radius 1 is 1.28 bits per heavy atom. The fraction of sp³-hybridized carbons (Fsp3) is 0.474. The predicted octanol–water partition coefficient (Wildman–Crippen LogP) is 2.88. The van der Waals surface area contributed by atoms with Gasteiger partial charge in [-0.3, -0.25) is 4.79 Å². The van der Waals surface area contributed by atoms with Crippen molar-refractivity contribution in [3.63, 3.8) is 0 Å². The molecule has 2 saturated heterocycles. The van der Waals surface area contributed by atoms with Gasteiger partial charge in [0.2, 0.25) is 0 Å². The van der Waals surface area contributed by atoms with Crippen molar-refractivity contribution >= 4 is 17.7 Å². The number of aryl methyl sites for hydroxylation is 2. The van der Waals surface area contributed by atoms with Gasteiger partial charge in [0.05, 0.1) is 11.3 Å². The van der Waals surface area contributed by atoms with Crippen molar-refractivity contribution in [1.82, 2.24) is 15.4 Å². The van der Waals surface area contributed by atoms with Crippen molar-refractivity contribution in [3.8, 4) is 0 Å². The standard InChI is InChI=1S/C19H23N3O2S/c1-12-17(13(2)24-21-12)11-25-18-6-4-3-5-16(18)19(23)22-9-14-7-20-8-15(14)10-22/h3-6,14-15,20H,7-11H2,1-2H3/t14-,15+. The molecule has 0 radical (unpaired) electrons. The first-order valence-corrected chi connectivity index (χ1v) is 9.75. The highest BCUT2D eigenvalue weighted by atomic mass is 32.2. The third-order valence-electron chi connectivity index (χ3n) is 5.35. The van der Waals surface area contributed by atoms with E-state index in [2.05, 4.69) is 10.5 Å². The van der Waals surface area contributed by atoms with Crippen molar-refractivity contribution in [1.29, 1.82) is 0 Å². The largest absolute Gasteiger partial charge is 0.361 e. The minimum Gasteiger partial charge on any atom is -0.361 e. The molecule has 1 aromatic carbocycles. The number of aromatic nitrogens is 1. The van der Waals surface area contributed by atoms with Crippen LogP contribution in [0, 0.1) is 25.7 Å². The van der Waals surface area contributed by atoms with Crippen LogP contribution in [-0.2, 0) is 5.75 Å². The number of rotatable bonds is 4. The highest BCUT2D eigenvalue weighted by Crippen LogP contribution is 2.32. The molecule has 0 saturated carbocycles. The SMILES string of the molecule is Cc1noc(C)c1CSc1ccccc1C(=O)N1C[C@H]2CNC[C@H]2C1. The van der Waals surface area contributed by atoms with E-state index in [1.165, 1.54) is 0 Å². The summed E-state index contributed by atoms with van der Waals surface area (Å²) in [6.45, 7) is 7.72. The normalized spacial score (nSPS) is 22.4. The van der Waals surface area contributed by atoms with Crippen molar-refractivity contribution in [2.45, 2.75) is 24.5 Å². The van der Waals surface area contributed by atoms with Crippen molar-refractivity contribution < 1.29 is 9.32 Å². The van der Waals surface area contributed by atoms with Gasteiger partial charge in [-0.05, 0) is 37.8 Å². The first kappa shape index (κ1) is 16.7. The molecule has 1 N–H and O–H groups in total. The molecule has 2 aliphatic heterocycles. The van der Waals surface area contributed by atoms with Gasteiger partial charge >= 0.3 is 0 Å². The van der Waals surface area contributed by atoms with Crippen LogP contribution in [0.4, 0.5) is 0 Å². The molecule has 3 heterocycles. The van der Waals surface area contributed by atoms with E-state index < -0.39 is 0 Å². The Kier molecular flexibility index (Phi) is 4.56. The number of nitrogens with zero attached hydrogens (tertiary/aromatic N) is 2. The maximum Gasteiger partial charge on any atom is 0.255 e. The molecular formula is C19H23N3O2S. The molecular weight excluding hydrogens is 334 g/mol. The van der Waals surface area contributed by atoms with E-state index in [1.54, 1.807) is 11.8 Å². The lowest BCUT2D eigenvalue weighted by Gasteiger charge is -2.19. The van der Waals surface area contributed by atoms with Gasteiger partial charge in [0.1, 0.15) is 5.76 Å². The average molecular weight is 357 g/mol. The van der Waals surface area contributed by atoms with Gasteiger partial charge in [-0.15, -0.1) is 11.8 Å². The number of likely N-dealkylation sites (tertiary alicyclic amines) is 1. The summed E-state index contributed by atoms with van der Waals surface area (Å²) in [5, 5.41) is 7.44. The molecule has 1 amide bonds. The van der Waals surface area contributed by atoms with Crippen molar-refractivity contribution in [2.75, 3.05) is 26.2 Å². The molecule has 0 unspecified atom stereocenters. The van der Waals surface area contributed by atoms with E-state index in [-0.39, 0.29) is 5.91 Å². The van der Waals surface area contributed by atoms with Gasteiger partial charge in [0, 0.05) is 42.4 Å². The van der Waals surface area contributed by atoms with Crippen molar-refractivity contribution in [2.24, 2.45) is 11.8 Å². The first-order valence-electron chi connectivity index (χ1n) is 8.77. The third kappa shape index (κ3) is 3.20. The molecule has 4 rings (SSSR count). The molecule has 6 heteroatoms. The van der Waals surface area contributed by atoms with E-state index in [9.17, 15) is 4.79 Å². The molecule has 0 aliphatic carbocycles. The lowest BCUT2D eigenvalue weighted by molar-refractivity contribution is 0.0778. The Hall–Kier alpha value is -1.79. The number of fused-ring (bicyclic) bond motifs is 1. The summed E-state index contributed by atoms with van der Waals surface area (Å²) in [7, 11) is 0. The minimum atomic E-state index is 0.163. The number of hydrogen-bond acceptors (Lipinski definition) is 5. The summed E-state index contributed by atoms with van der Waals surface area (Å²) < 4.78 is 5.24. The summed E-state index contributed by atoms with van der Waals surface area (Å²) in [5.41, 5.74) is 2.86. The summed E-state index contributed by atoms with van der Waals surface area (Å²) in [6.07, 6.45) is 0. The monoisotopic (exact) mass is 357 g/mol. The zero-order valence-corrected chi connectivity index (χ0v) is 15.4. The van der Waals surface area contributed by atoms with Crippen LogP contribution in [0.3, 0.4) is 0 Å². The zero-order chi connectivity index (χ0) is 17.4. The fourth-order valence-electron chi connectivity index (χ4n) is 3.82. The number of hydrogen-bond donors (Lipinski definition) is 1. The van der Waals surface area contributed by atoms with Gasteiger partial charge in [0.25, 0.3) is 5.91 Å². The maximum atomic E-state index is 13.1. The fourth-order valence-corrected chi connectivity index (χ4v) is 5.02. The van der Waals surface area contributed by atoms with E-state index in [0.717, 1.165) is 59.4 Å².